The maximum Gasteiger partial charge on any atom is 0.227 e. The zero-order valence-corrected chi connectivity index (χ0v) is 14.5. The van der Waals surface area contributed by atoms with Crippen LogP contribution in [0.25, 0.3) is 5.65 Å². The van der Waals surface area contributed by atoms with Gasteiger partial charge in [-0.05, 0) is 29.8 Å². The van der Waals surface area contributed by atoms with Crippen molar-refractivity contribution < 1.29 is 9.18 Å². The zero-order chi connectivity index (χ0) is 17.9. The summed E-state index contributed by atoms with van der Waals surface area (Å²) < 4.78 is 15.0. The molecular weight excluding hydrogens is 331 g/mol. The maximum atomic E-state index is 13.0. The first-order chi connectivity index (χ1) is 12.7. The number of amides is 1. The highest BCUT2D eigenvalue weighted by molar-refractivity contribution is 5.78. The van der Waals surface area contributed by atoms with Crippen molar-refractivity contribution in [1.82, 2.24) is 19.2 Å². The van der Waals surface area contributed by atoms with E-state index in [4.69, 9.17) is 0 Å². The number of pyridine rings is 1. The third kappa shape index (κ3) is 3.75. The SMILES string of the molecule is O=C(Cc1ccc(F)cc1)N1CCN(Cc2cn3ccccc3n2)CC1. The van der Waals surface area contributed by atoms with Gasteiger partial charge in [-0.25, -0.2) is 9.37 Å². The lowest BCUT2D eigenvalue weighted by atomic mass is 10.1. The topological polar surface area (TPSA) is 40.9 Å². The molecule has 0 saturated carbocycles. The normalized spacial score (nSPS) is 15.5. The molecule has 1 aliphatic heterocycles. The van der Waals surface area contributed by atoms with E-state index in [2.05, 4.69) is 16.1 Å². The van der Waals surface area contributed by atoms with Gasteiger partial charge in [-0.15, -0.1) is 0 Å². The minimum atomic E-state index is -0.276. The second-order valence-corrected chi connectivity index (χ2v) is 6.66. The third-order valence-electron chi connectivity index (χ3n) is 4.79. The average molecular weight is 352 g/mol. The van der Waals surface area contributed by atoms with E-state index in [0.29, 0.717) is 19.5 Å². The largest absolute Gasteiger partial charge is 0.340 e. The van der Waals surface area contributed by atoms with Gasteiger partial charge < -0.3 is 9.30 Å². The molecule has 1 fully saturated rings. The van der Waals surface area contributed by atoms with Gasteiger partial charge in [-0.3, -0.25) is 9.69 Å². The number of halogens is 1. The smallest absolute Gasteiger partial charge is 0.227 e. The second-order valence-electron chi connectivity index (χ2n) is 6.66. The Morgan fingerprint density at radius 2 is 1.81 bits per heavy atom. The van der Waals surface area contributed by atoms with Crippen molar-refractivity contribution in [3.05, 3.63) is 71.9 Å². The lowest BCUT2D eigenvalue weighted by Gasteiger charge is -2.34. The molecule has 134 valence electrons. The monoisotopic (exact) mass is 352 g/mol. The maximum absolute atomic E-state index is 13.0. The van der Waals surface area contributed by atoms with E-state index < -0.39 is 0 Å². The number of benzene rings is 1. The molecule has 0 aliphatic carbocycles. The van der Waals surface area contributed by atoms with E-state index in [1.165, 1.54) is 12.1 Å². The van der Waals surface area contributed by atoms with Gasteiger partial charge in [0.2, 0.25) is 5.91 Å². The van der Waals surface area contributed by atoms with Crippen LogP contribution in [0.1, 0.15) is 11.3 Å². The quantitative estimate of drug-likeness (QED) is 0.724. The number of aromatic nitrogens is 2. The predicted molar refractivity (Wildman–Crippen MR) is 97.2 cm³/mol. The van der Waals surface area contributed by atoms with Crippen molar-refractivity contribution in [3.63, 3.8) is 0 Å². The first-order valence-corrected chi connectivity index (χ1v) is 8.84. The Bertz CT molecular complexity index is 865. The lowest BCUT2D eigenvalue weighted by Crippen LogP contribution is -2.48. The Balaban J connectivity index is 1.30. The Kier molecular flexibility index (Phi) is 4.67. The lowest BCUT2D eigenvalue weighted by molar-refractivity contribution is -0.132. The van der Waals surface area contributed by atoms with E-state index in [9.17, 15) is 9.18 Å². The summed E-state index contributed by atoms with van der Waals surface area (Å²) in [4.78, 5) is 21.3. The van der Waals surface area contributed by atoms with Crippen LogP contribution in [-0.4, -0.2) is 51.3 Å². The van der Waals surface area contributed by atoms with Crippen LogP contribution in [0, 0.1) is 5.82 Å². The highest BCUT2D eigenvalue weighted by Crippen LogP contribution is 2.12. The first kappa shape index (κ1) is 16.7. The van der Waals surface area contributed by atoms with Crippen molar-refractivity contribution in [1.29, 1.82) is 0 Å². The second kappa shape index (κ2) is 7.25. The molecule has 1 amide bonds. The van der Waals surface area contributed by atoms with Crippen LogP contribution in [0.3, 0.4) is 0 Å². The number of hydrogen-bond donors (Lipinski definition) is 0. The highest BCUT2D eigenvalue weighted by Gasteiger charge is 2.21. The molecule has 0 atom stereocenters. The Morgan fingerprint density at radius 3 is 2.54 bits per heavy atom. The molecule has 2 aromatic heterocycles. The van der Waals surface area contributed by atoms with Crippen LogP contribution in [0.15, 0.2) is 54.9 Å². The molecule has 3 heterocycles. The fourth-order valence-electron chi connectivity index (χ4n) is 3.34. The summed E-state index contributed by atoms with van der Waals surface area (Å²) >= 11 is 0. The number of hydrogen-bond acceptors (Lipinski definition) is 3. The summed E-state index contributed by atoms with van der Waals surface area (Å²) in [6.45, 7) is 3.90. The van der Waals surface area contributed by atoms with Gasteiger partial charge in [0.25, 0.3) is 0 Å². The molecule has 4 rings (SSSR count). The molecule has 1 saturated heterocycles. The zero-order valence-electron chi connectivity index (χ0n) is 14.5. The first-order valence-electron chi connectivity index (χ1n) is 8.84. The molecule has 0 N–H and O–H groups in total. The van der Waals surface area contributed by atoms with Crippen molar-refractivity contribution in [3.8, 4) is 0 Å². The Hall–Kier alpha value is -2.73. The van der Waals surface area contributed by atoms with Crippen LogP contribution in [0.2, 0.25) is 0 Å². The number of imidazole rings is 1. The predicted octanol–water partition coefficient (Wildman–Crippen LogP) is 2.36. The Morgan fingerprint density at radius 1 is 1.04 bits per heavy atom. The summed E-state index contributed by atoms with van der Waals surface area (Å²) in [6.07, 6.45) is 4.38. The summed E-state index contributed by atoms with van der Waals surface area (Å²) in [5.74, 6) is -0.175. The third-order valence-corrected chi connectivity index (χ3v) is 4.79. The van der Waals surface area contributed by atoms with Gasteiger partial charge in [-0.2, -0.15) is 0 Å². The minimum Gasteiger partial charge on any atom is -0.340 e. The van der Waals surface area contributed by atoms with Gasteiger partial charge in [-0.1, -0.05) is 18.2 Å². The van der Waals surface area contributed by atoms with Gasteiger partial charge in [0, 0.05) is 45.1 Å². The van der Waals surface area contributed by atoms with Crippen LogP contribution in [0.4, 0.5) is 4.39 Å². The number of piperazine rings is 1. The molecule has 0 radical (unpaired) electrons. The number of carbonyl (C=O) groups is 1. The molecule has 5 nitrogen and oxygen atoms in total. The van der Waals surface area contributed by atoms with Crippen LogP contribution in [0.5, 0.6) is 0 Å². The fourth-order valence-corrected chi connectivity index (χ4v) is 3.34. The van der Waals surface area contributed by atoms with Gasteiger partial charge in [0.05, 0.1) is 12.1 Å². The molecule has 0 spiro atoms. The van der Waals surface area contributed by atoms with Crippen LogP contribution in [-0.2, 0) is 17.8 Å². The molecule has 6 heteroatoms. The standard InChI is InChI=1S/C20H21FN4O/c21-17-6-4-16(5-7-17)13-20(26)24-11-9-23(10-12-24)14-18-15-25-8-2-1-3-19(25)22-18/h1-8,15H,9-14H2. The highest BCUT2D eigenvalue weighted by atomic mass is 19.1. The fraction of sp³-hybridized carbons (Fsp3) is 0.300. The number of fused-ring (bicyclic) bond motifs is 1. The van der Waals surface area contributed by atoms with E-state index in [1.807, 2.05) is 33.7 Å². The summed E-state index contributed by atoms with van der Waals surface area (Å²) in [6, 6.07) is 12.1. The number of nitrogens with zero attached hydrogens (tertiary/aromatic N) is 4. The molecular formula is C20H21FN4O. The summed E-state index contributed by atoms with van der Waals surface area (Å²) in [5, 5.41) is 0. The number of carbonyl (C=O) groups excluding carboxylic acids is 1. The van der Waals surface area contributed by atoms with E-state index in [1.54, 1.807) is 12.1 Å². The van der Waals surface area contributed by atoms with E-state index >= 15 is 0 Å². The van der Waals surface area contributed by atoms with E-state index in [-0.39, 0.29) is 11.7 Å². The number of rotatable bonds is 4. The minimum absolute atomic E-state index is 0.101. The summed E-state index contributed by atoms with van der Waals surface area (Å²) in [7, 11) is 0. The van der Waals surface area contributed by atoms with Gasteiger partial charge in [0.1, 0.15) is 11.5 Å². The molecule has 3 aromatic rings. The molecule has 26 heavy (non-hydrogen) atoms. The van der Waals surface area contributed by atoms with Gasteiger partial charge >= 0.3 is 0 Å². The van der Waals surface area contributed by atoms with Crippen molar-refractivity contribution in [2.75, 3.05) is 26.2 Å². The summed E-state index contributed by atoms with van der Waals surface area (Å²) in [5.41, 5.74) is 2.85. The molecule has 0 bridgehead atoms. The molecule has 1 aromatic carbocycles. The molecule has 0 unspecified atom stereocenters. The van der Waals surface area contributed by atoms with Crippen LogP contribution < -0.4 is 0 Å². The van der Waals surface area contributed by atoms with Crippen molar-refractivity contribution in [2.45, 2.75) is 13.0 Å². The van der Waals surface area contributed by atoms with E-state index in [0.717, 1.165) is 36.5 Å². The van der Waals surface area contributed by atoms with Crippen molar-refractivity contribution >= 4 is 11.6 Å². The average Bonchev–Trinajstić information content (AvgIpc) is 3.06. The Labute approximate surface area is 151 Å². The van der Waals surface area contributed by atoms with Gasteiger partial charge in [0.15, 0.2) is 0 Å². The molecule has 1 aliphatic rings. The van der Waals surface area contributed by atoms with Crippen LogP contribution >= 0.6 is 0 Å². The van der Waals surface area contributed by atoms with Crippen molar-refractivity contribution in [2.24, 2.45) is 0 Å².